The van der Waals surface area contributed by atoms with Gasteiger partial charge in [-0.15, -0.1) is 0 Å². The van der Waals surface area contributed by atoms with Crippen molar-refractivity contribution in [2.75, 3.05) is 29.6 Å². The van der Waals surface area contributed by atoms with Crippen molar-refractivity contribution in [1.29, 1.82) is 0 Å². The summed E-state index contributed by atoms with van der Waals surface area (Å²) in [5.74, 6) is 1.17. The average molecular weight is 247 g/mol. The van der Waals surface area contributed by atoms with Crippen LogP contribution in [0.15, 0.2) is 30.5 Å². The number of hydrogen-bond donors (Lipinski definition) is 2. The molecule has 17 heavy (non-hydrogen) atoms. The molecule has 0 amide bonds. The molecule has 0 fully saturated rings. The van der Waals surface area contributed by atoms with Crippen molar-refractivity contribution in [3.05, 3.63) is 30.5 Å². The van der Waals surface area contributed by atoms with Crippen LogP contribution in [0, 0.1) is 0 Å². The average Bonchev–Trinajstić information content (AvgIpc) is 2.37. The summed E-state index contributed by atoms with van der Waals surface area (Å²) in [4.78, 5) is 4.28. The minimum absolute atomic E-state index is 0.791. The fraction of sp³-hybridized carbons (Fsp3) is 0.308. The predicted octanol–water partition coefficient (Wildman–Crippen LogP) is 2.98. The van der Waals surface area contributed by atoms with Crippen molar-refractivity contribution >= 4 is 34.0 Å². The third-order valence-corrected chi connectivity index (χ3v) is 3.36. The van der Waals surface area contributed by atoms with Crippen LogP contribution in [0.25, 0.3) is 10.9 Å². The molecule has 3 nitrogen and oxygen atoms in total. The van der Waals surface area contributed by atoms with Crippen molar-refractivity contribution in [3.8, 4) is 0 Å². The number of benzene rings is 1. The summed E-state index contributed by atoms with van der Waals surface area (Å²) in [6.45, 7) is 0.955. The molecule has 0 aliphatic rings. The number of pyridine rings is 1. The first-order valence-electron chi connectivity index (χ1n) is 5.69. The van der Waals surface area contributed by atoms with Crippen LogP contribution in [-0.2, 0) is 0 Å². The second-order valence-corrected chi connectivity index (χ2v) is 4.86. The van der Waals surface area contributed by atoms with Gasteiger partial charge in [-0.05, 0) is 42.7 Å². The number of anilines is 2. The van der Waals surface area contributed by atoms with Gasteiger partial charge in [-0.1, -0.05) is 0 Å². The van der Waals surface area contributed by atoms with Crippen LogP contribution in [0.4, 0.5) is 11.4 Å². The van der Waals surface area contributed by atoms with Gasteiger partial charge < -0.3 is 11.1 Å². The standard InChI is InChI=1S/C13H17N3S/c1-17-9-3-8-16-12-6-5-11-10(13(12)14)4-2-7-15-11/h2,4-7,16H,3,8-9,14H2,1H3. The second-order valence-electron chi connectivity index (χ2n) is 3.87. The fourth-order valence-corrected chi connectivity index (χ4v) is 2.20. The normalized spacial score (nSPS) is 10.6. The van der Waals surface area contributed by atoms with E-state index in [4.69, 9.17) is 5.73 Å². The van der Waals surface area contributed by atoms with E-state index in [1.807, 2.05) is 36.0 Å². The molecule has 0 aliphatic carbocycles. The first-order valence-corrected chi connectivity index (χ1v) is 7.08. The van der Waals surface area contributed by atoms with Gasteiger partial charge in [0.2, 0.25) is 0 Å². The Morgan fingerprint density at radius 1 is 1.35 bits per heavy atom. The molecule has 1 aromatic carbocycles. The molecule has 1 aromatic heterocycles. The first kappa shape index (κ1) is 12.0. The van der Waals surface area contributed by atoms with Crippen molar-refractivity contribution in [1.82, 2.24) is 4.98 Å². The summed E-state index contributed by atoms with van der Waals surface area (Å²) in [5.41, 5.74) is 8.87. The smallest absolute Gasteiger partial charge is 0.0724 e. The van der Waals surface area contributed by atoms with Crippen LogP contribution in [0.3, 0.4) is 0 Å². The largest absolute Gasteiger partial charge is 0.397 e. The molecular weight excluding hydrogens is 230 g/mol. The molecule has 1 heterocycles. The molecule has 0 spiro atoms. The molecule has 90 valence electrons. The predicted molar refractivity (Wildman–Crippen MR) is 77.6 cm³/mol. The van der Waals surface area contributed by atoms with E-state index in [0.29, 0.717) is 0 Å². The Bertz CT molecular complexity index is 499. The van der Waals surface area contributed by atoms with E-state index in [-0.39, 0.29) is 0 Å². The highest BCUT2D eigenvalue weighted by Crippen LogP contribution is 2.27. The van der Waals surface area contributed by atoms with E-state index in [9.17, 15) is 0 Å². The highest BCUT2D eigenvalue weighted by atomic mass is 32.2. The van der Waals surface area contributed by atoms with Gasteiger partial charge in [-0.3, -0.25) is 4.98 Å². The van der Waals surface area contributed by atoms with Crippen molar-refractivity contribution in [2.24, 2.45) is 0 Å². The molecule has 0 bridgehead atoms. The summed E-state index contributed by atoms with van der Waals surface area (Å²) in [5, 5.41) is 4.39. The van der Waals surface area contributed by atoms with Gasteiger partial charge in [0.05, 0.1) is 16.9 Å². The van der Waals surface area contributed by atoms with Gasteiger partial charge in [0.15, 0.2) is 0 Å². The maximum atomic E-state index is 6.13. The van der Waals surface area contributed by atoms with Crippen LogP contribution in [-0.4, -0.2) is 23.5 Å². The molecule has 0 aliphatic heterocycles. The van der Waals surface area contributed by atoms with Crippen molar-refractivity contribution in [2.45, 2.75) is 6.42 Å². The summed E-state index contributed by atoms with van der Waals surface area (Å²) in [7, 11) is 0. The minimum atomic E-state index is 0.791. The Labute approximate surface area is 106 Å². The van der Waals surface area contributed by atoms with Crippen LogP contribution in [0.2, 0.25) is 0 Å². The van der Waals surface area contributed by atoms with Crippen LogP contribution >= 0.6 is 11.8 Å². The minimum Gasteiger partial charge on any atom is -0.397 e. The van der Waals surface area contributed by atoms with Crippen LogP contribution in [0.1, 0.15) is 6.42 Å². The number of fused-ring (bicyclic) bond motifs is 1. The van der Waals surface area contributed by atoms with Gasteiger partial charge in [0.25, 0.3) is 0 Å². The second kappa shape index (κ2) is 5.77. The maximum absolute atomic E-state index is 6.13. The zero-order valence-electron chi connectivity index (χ0n) is 9.94. The molecule has 0 saturated carbocycles. The molecule has 2 rings (SSSR count). The molecule has 2 aromatic rings. The van der Waals surface area contributed by atoms with Gasteiger partial charge in [-0.2, -0.15) is 11.8 Å². The van der Waals surface area contributed by atoms with Crippen molar-refractivity contribution in [3.63, 3.8) is 0 Å². The number of nitrogens with one attached hydrogen (secondary N) is 1. The molecule has 3 N–H and O–H groups in total. The van der Waals surface area contributed by atoms with Gasteiger partial charge in [0, 0.05) is 18.1 Å². The van der Waals surface area contributed by atoms with Crippen molar-refractivity contribution < 1.29 is 0 Å². The number of rotatable bonds is 5. The lowest BCUT2D eigenvalue weighted by molar-refractivity contribution is 0.994. The Morgan fingerprint density at radius 2 is 2.24 bits per heavy atom. The number of hydrogen-bond acceptors (Lipinski definition) is 4. The lowest BCUT2D eigenvalue weighted by atomic mass is 10.1. The summed E-state index contributed by atoms with van der Waals surface area (Å²) < 4.78 is 0. The maximum Gasteiger partial charge on any atom is 0.0724 e. The SMILES string of the molecule is CSCCCNc1ccc2ncccc2c1N. The highest BCUT2D eigenvalue weighted by molar-refractivity contribution is 7.98. The third-order valence-electron chi connectivity index (χ3n) is 2.67. The van der Waals surface area contributed by atoms with E-state index in [1.165, 1.54) is 5.75 Å². The molecule has 0 saturated heterocycles. The van der Waals surface area contributed by atoms with E-state index >= 15 is 0 Å². The van der Waals surface area contributed by atoms with Crippen LogP contribution in [0.5, 0.6) is 0 Å². The number of nitrogens with two attached hydrogens (primary N) is 1. The molecule has 0 atom stereocenters. The third kappa shape index (κ3) is 2.82. The quantitative estimate of drug-likeness (QED) is 0.630. The lowest BCUT2D eigenvalue weighted by Crippen LogP contribution is -2.05. The fourth-order valence-electron chi connectivity index (χ4n) is 1.77. The lowest BCUT2D eigenvalue weighted by Gasteiger charge is -2.10. The first-order chi connectivity index (χ1) is 8.33. The Morgan fingerprint density at radius 3 is 3.06 bits per heavy atom. The molecular formula is C13H17N3S. The zero-order valence-corrected chi connectivity index (χ0v) is 10.8. The van der Waals surface area contributed by atoms with E-state index in [1.54, 1.807) is 6.20 Å². The zero-order chi connectivity index (χ0) is 12.1. The van der Waals surface area contributed by atoms with Gasteiger partial charge >= 0.3 is 0 Å². The number of thioether (sulfide) groups is 1. The van der Waals surface area contributed by atoms with E-state index in [0.717, 1.165) is 35.2 Å². The van der Waals surface area contributed by atoms with Gasteiger partial charge in [-0.25, -0.2) is 0 Å². The Kier molecular flexibility index (Phi) is 4.09. The number of aromatic nitrogens is 1. The number of nitrogen functional groups attached to an aromatic ring is 1. The van der Waals surface area contributed by atoms with E-state index < -0.39 is 0 Å². The molecule has 4 heteroatoms. The highest BCUT2D eigenvalue weighted by Gasteiger charge is 2.03. The molecule has 0 radical (unpaired) electrons. The summed E-state index contributed by atoms with van der Waals surface area (Å²) in [6, 6.07) is 7.92. The van der Waals surface area contributed by atoms with E-state index in [2.05, 4.69) is 16.6 Å². The topological polar surface area (TPSA) is 50.9 Å². The summed E-state index contributed by atoms with van der Waals surface area (Å²) >= 11 is 1.86. The van der Waals surface area contributed by atoms with Gasteiger partial charge in [0.1, 0.15) is 0 Å². The Balaban J connectivity index is 2.15. The summed E-state index contributed by atoms with van der Waals surface area (Å²) in [6.07, 6.45) is 5.05. The number of nitrogens with zero attached hydrogens (tertiary/aromatic N) is 1. The molecule has 0 unspecified atom stereocenters. The Hall–Kier alpha value is -1.42. The monoisotopic (exact) mass is 247 g/mol. The van der Waals surface area contributed by atoms with Crippen LogP contribution < -0.4 is 11.1 Å².